The molecule has 0 bridgehead atoms. The molecule has 1 aliphatic carbocycles. The highest BCUT2D eigenvalue weighted by atomic mass is 16.3. The number of rotatable bonds is 0. The van der Waals surface area contributed by atoms with E-state index >= 15 is 0 Å². The highest BCUT2D eigenvalue weighted by Crippen LogP contribution is 2.38. The van der Waals surface area contributed by atoms with E-state index in [9.17, 15) is 10.2 Å². The summed E-state index contributed by atoms with van der Waals surface area (Å²) in [6.07, 6.45) is 0.0230. The normalized spacial score (nSPS) is 27.2. The summed E-state index contributed by atoms with van der Waals surface area (Å²) < 4.78 is 0. The molecule has 4 heteroatoms. The van der Waals surface area contributed by atoms with Crippen molar-refractivity contribution in [1.82, 2.24) is 0 Å². The molecule has 2 unspecified atom stereocenters. The first kappa shape index (κ1) is 10.4. The maximum absolute atomic E-state index is 10.1. The van der Waals surface area contributed by atoms with Crippen LogP contribution < -0.4 is 0 Å². The number of fused-ring (bicyclic) bond motifs is 1. The van der Waals surface area contributed by atoms with Crippen molar-refractivity contribution in [3.05, 3.63) is 47.0 Å². The van der Waals surface area contributed by atoms with Crippen molar-refractivity contribution < 1.29 is 10.2 Å². The van der Waals surface area contributed by atoms with Crippen molar-refractivity contribution >= 4 is 0 Å². The van der Waals surface area contributed by atoms with Crippen LogP contribution in [0.2, 0.25) is 0 Å². The molecule has 0 saturated heterocycles. The van der Waals surface area contributed by atoms with Gasteiger partial charge in [0.15, 0.2) is 5.60 Å². The fraction of sp³-hybridized carbons (Fsp3) is 0.167. The molecule has 1 aromatic rings. The van der Waals surface area contributed by atoms with Gasteiger partial charge in [-0.3, -0.25) is 0 Å². The van der Waals surface area contributed by atoms with E-state index in [-0.39, 0.29) is 5.57 Å². The first-order valence-electron chi connectivity index (χ1n) is 4.66. The summed E-state index contributed by atoms with van der Waals surface area (Å²) in [5.41, 5.74) is -1.13. The van der Waals surface area contributed by atoms with Gasteiger partial charge < -0.3 is 10.2 Å². The number of aliphatic hydroxyl groups is 2. The molecule has 0 spiro atoms. The Hall–Kier alpha value is -2.14. The minimum Gasteiger partial charge on any atom is -0.383 e. The Morgan fingerprint density at radius 3 is 2.56 bits per heavy atom. The van der Waals surface area contributed by atoms with E-state index in [0.29, 0.717) is 11.1 Å². The zero-order chi connectivity index (χ0) is 11.8. The number of nitriles is 2. The molecule has 0 amide bonds. The Balaban J connectivity index is 2.72. The van der Waals surface area contributed by atoms with Crippen LogP contribution in [0, 0.1) is 22.7 Å². The lowest BCUT2D eigenvalue weighted by molar-refractivity contribution is 0.130. The summed E-state index contributed by atoms with van der Waals surface area (Å²) in [4.78, 5) is 0. The second kappa shape index (κ2) is 3.46. The van der Waals surface area contributed by atoms with Gasteiger partial charge in [0.25, 0.3) is 0 Å². The van der Waals surface area contributed by atoms with Crippen LogP contribution in [0.5, 0.6) is 0 Å². The van der Waals surface area contributed by atoms with Crippen molar-refractivity contribution in [2.75, 3.05) is 0 Å². The van der Waals surface area contributed by atoms with Crippen LogP contribution in [-0.2, 0) is 5.60 Å². The molecule has 78 valence electrons. The Morgan fingerprint density at radius 1 is 1.25 bits per heavy atom. The smallest absolute Gasteiger partial charge is 0.197 e. The summed E-state index contributed by atoms with van der Waals surface area (Å²) in [6.45, 7) is 0. The van der Waals surface area contributed by atoms with Crippen molar-refractivity contribution in [3.63, 3.8) is 0 Å². The molecule has 1 aromatic carbocycles. The molecular weight excluding hydrogens is 204 g/mol. The van der Waals surface area contributed by atoms with Crippen LogP contribution in [0.25, 0.3) is 0 Å². The van der Waals surface area contributed by atoms with Gasteiger partial charge in [0.2, 0.25) is 0 Å². The molecular formula is C12H8N2O2. The topological polar surface area (TPSA) is 88.0 Å². The fourth-order valence-corrected chi connectivity index (χ4v) is 1.82. The first-order chi connectivity index (χ1) is 7.62. The molecule has 0 fully saturated rings. The summed E-state index contributed by atoms with van der Waals surface area (Å²) >= 11 is 0. The minimum atomic E-state index is -1.83. The Morgan fingerprint density at radius 2 is 1.94 bits per heavy atom. The van der Waals surface area contributed by atoms with Crippen LogP contribution in [0.3, 0.4) is 0 Å². The van der Waals surface area contributed by atoms with Gasteiger partial charge in [-0.1, -0.05) is 24.3 Å². The SMILES string of the molecule is N#CC1=CC(O)(C#N)c2ccccc2C1O. The van der Waals surface area contributed by atoms with Gasteiger partial charge >= 0.3 is 0 Å². The summed E-state index contributed by atoms with van der Waals surface area (Å²) in [7, 11) is 0. The summed E-state index contributed by atoms with van der Waals surface area (Å²) in [5, 5.41) is 37.7. The summed E-state index contributed by atoms with van der Waals surface area (Å²) in [6, 6.07) is 10.0. The molecule has 0 saturated carbocycles. The van der Waals surface area contributed by atoms with E-state index < -0.39 is 11.7 Å². The van der Waals surface area contributed by atoms with Gasteiger partial charge in [-0.05, 0) is 11.6 Å². The monoisotopic (exact) mass is 212 g/mol. The fourth-order valence-electron chi connectivity index (χ4n) is 1.82. The third-order valence-corrected chi connectivity index (χ3v) is 2.62. The van der Waals surface area contributed by atoms with Crippen molar-refractivity contribution in [3.8, 4) is 12.1 Å². The number of nitrogens with zero attached hydrogens (tertiary/aromatic N) is 2. The standard InChI is InChI=1S/C12H8N2O2/c13-6-8-5-12(16,7-14)10-4-2-1-3-9(10)11(8)15/h1-5,11,15-16H. The van der Waals surface area contributed by atoms with Crippen LogP contribution in [0.4, 0.5) is 0 Å². The molecule has 0 aromatic heterocycles. The molecule has 2 atom stereocenters. The molecule has 4 nitrogen and oxygen atoms in total. The van der Waals surface area contributed by atoms with E-state index in [1.807, 2.05) is 0 Å². The van der Waals surface area contributed by atoms with Crippen LogP contribution >= 0.6 is 0 Å². The lowest BCUT2D eigenvalue weighted by Gasteiger charge is -2.28. The lowest BCUT2D eigenvalue weighted by atomic mass is 9.80. The first-order valence-corrected chi connectivity index (χ1v) is 4.66. The summed E-state index contributed by atoms with van der Waals surface area (Å²) in [5.74, 6) is 0. The van der Waals surface area contributed by atoms with E-state index in [1.54, 1.807) is 36.4 Å². The predicted molar refractivity (Wildman–Crippen MR) is 54.6 cm³/mol. The molecule has 2 N–H and O–H groups in total. The predicted octanol–water partition coefficient (Wildman–Crippen LogP) is 0.895. The Bertz CT molecular complexity index is 551. The lowest BCUT2D eigenvalue weighted by Crippen LogP contribution is -2.28. The molecule has 16 heavy (non-hydrogen) atoms. The van der Waals surface area contributed by atoms with E-state index in [4.69, 9.17) is 10.5 Å². The quantitative estimate of drug-likeness (QED) is 0.625. The average Bonchev–Trinajstić information content (AvgIpc) is 2.34. The molecule has 1 aliphatic rings. The number of benzene rings is 1. The third kappa shape index (κ3) is 1.30. The van der Waals surface area contributed by atoms with Gasteiger partial charge in [-0.25, -0.2) is 0 Å². The van der Waals surface area contributed by atoms with Crippen molar-refractivity contribution in [2.24, 2.45) is 0 Å². The van der Waals surface area contributed by atoms with Gasteiger partial charge in [0.05, 0.1) is 11.6 Å². The van der Waals surface area contributed by atoms with Crippen molar-refractivity contribution in [2.45, 2.75) is 11.7 Å². The van der Waals surface area contributed by atoms with E-state index in [2.05, 4.69) is 0 Å². The molecule has 0 radical (unpaired) electrons. The zero-order valence-corrected chi connectivity index (χ0v) is 8.25. The van der Waals surface area contributed by atoms with Gasteiger partial charge in [0.1, 0.15) is 12.2 Å². The second-order valence-electron chi connectivity index (χ2n) is 3.58. The number of hydrogen-bond acceptors (Lipinski definition) is 4. The minimum absolute atomic E-state index is 0.0113. The average molecular weight is 212 g/mol. The third-order valence-electron chi connectivity index (χ3n) is 2.62. The van der Waals surface area contributed by atoms with Crippen LogP contribution in [-0.4, -0.2) is 10.2 Å². The number of hydrogen-bond donors (Lipinski definition) is 2. The van der Waals surface area contributed by atoms with Gasteiger partial charge in [0, 0.05) is 5.56 Å². The number of aliphatic hydroxyl groups excluding tert-OH is 1. The highest BCUT2D eigenvalue weighted by Gasteiger charge is 2.37. The maximum atomic E-state index is 10.1. The molecule has 2 rings (SSSR count). The Kier molecular flexibility index (Phi) is 2.25. The Labute approximate surface area is 92.3 Å². The van der Waals surface area contributed by atoms with Gasteiger partial charge in [-0.2, -0.15) is 10.5 Å². The van der Waals surface area contributed by atoms with E-state index in [0.717, 1.165) is 6.08 Å². The van der Waals surface area contributed by atoms with Crippen molar-refractivity contribution in [1.29, 1.82) is 10.5 Å². The van der Waals surface area contributed by atoms with Gasteiger partial charge in [-0.15, -0.1) is 0 Å². The molecule has 0 aliphatic heterocycles. The largest absolute Gasteiger partial charge is 0.383 e. The molecule has 0 heterocycles. The van der Waals surface area contributed by atoms with Crippen LogP contribution in [0.1, 0.15) is 17.2 Å². The van der Waals surface area contributed by atoms with Crippen LogP contribution in [0.15, 0.2) is 35.9 Å². The zero-order valence-electron chi connectivity index (χ0n) is 8.25. The van der Waals surface area contributed by atoms with E-state index in [1.165, 1.54) is 0 Å². The maximum Gasteiger partial charge on any atom is 0.197 e. The highest BCUT2D eigenvalue weighted by molar-refractivity contribution is 5.52. The second-order valence-corrected chi connectivity index (χ2v) is 3.58.